The zero-order chi connectivity index (χ0) is 23.3. The number of carbonyl (C=O) groups is 1. The maximum atomic E-state index is 13.4. The molecule has 2 amide bonds. The average Bonchev–Trinajstić information content (AvgIpc) is 3.24. The van der Waals surface area contributed by atoms with Gasteiger partial charge in [0, 0.05) is 51.1 Å². The summed E-state index contributed by atoms with van der Waals surface area (Å²) in [6, 6.07) is 11.0. The third kappa shape index (κ3) is 6.27. The fourth-order valence-corrected chi connectivity index (χ4v) is 5.87. The number of fused-ring (bicyclic) bond motifs is 1. The van der Waals surface area contributed by atoms with Crippen molar-refractivity contribution in [3.05, 3.63) is 35.9 Å². The molecular formula is C26H42N4O3. The van der Waals surface area contributed by atoms with Gasteiger partial charge < -0.3 is 24.6 Å². The summed E-state index contributed by atoms with van der Waals surface area (Å²) in [6.45, 7) is 7.84. The van der Waals surface area contributed by atoms with Crippen molar-refractivity contribution in [1.82, 2.24) is 20.0 Å². The molecule has 33 heavy (non-hydrogen) atoms. The van der Waals surface area contributed by atoms with E-state index in [4.69, 9.17) is 9.47 Å². The van der Waals surface area contributed by atoms with Crippen LogP contribution in [-0.4, -0.2) is 92.1 Å². The highest BCUT2D eigenvalue weighted by Gasteiger charge is 2.49. The SMILES string of the molecule is CCCN1C[C@@H](NC(=O)N(CCN(C)C)Cc2ccccc2)C[C@@H]2CC3(CC[C@H]21)OCCO3. The highest BCUT2D eigenvalue weighted by molar-refractivity contribution is 5.74. The molecule has 3 fully saturated rings. The second-order valence-corrected chi connectivity index (χ2v) is 10.3. The zero-order valence-corrected chi connectivity index (χ0v) is 20.7. The second-order valence-electron chi connectivity index (χ2n) is 10.3. The number of nitrogens with zero attached hydrogens (tertiary/aromatic N) is 3. The quantitative estimate of drug-likeness (QED) is 0.649. The van der Waals surface area contributed by atoms with Gasteiger partial charge in [0.1, 0.15) is 0 Å². The molecule has 0 bridgehead atoms. The highest BCUT2D eigenvalue weighted by atomic mass is 16.7. The number of urea groups is 1. The number of ether oxygens (including phenoxy) is 2. The van der Waals surface area contributed by atoms with Crippen LogP contribution in [0.4, 0.5) is 4.79 Å². The van der Waals surface area contributed by atoms with Crippen LogP contribution in [0.25, 0.3) is 0 Å². The number of rotatable bonds is 8. The fourth-order valence-electron chi connectivity index (χ4n) is 5.87. The first-order valence-corrected chi connectivity index (χ1v) is 12.7. The molecule has 2 aliphatic heterocycles. The van der Waals surface area contributed by atoms with Gasteiger partial charge in [0.25, 0.3) is 0 Å². The van der Waals surface area contributed by atoms with Crippen molar-refractivity contribution < 1.29 is 14.3 Å². The summed E-state index contributed by atoms with van der Waals surface area (Å²) in [7, 11) is 4.10. The van der Waals surface area contributed by atoms with Crippen molar-refractivity contribution in [3.63, 3.8) is 0 Å². The molecule has 184 valence electrons. The van der Waals surface area contributed by atoms with Crippen molar-refractivity contribution >= 4 is 6.03 Å². The summed E-state index contributed by atoms with van der Waals surface area (Å²) in [5, 5.41) is 3.41. The van der Waals surface area contributed by atoms with E-state index in [0.717, 1.165) is 57.3 Å². The summed E-state index contributed by atoms with van der Waals surface area (Å²) in [4.78, 5) is 20.1. The maximum Gasteiger partial charge on any atom is 0.318 e. The smallest absolute Gasteiger partial charge is 0.318 e. The first kappa shape index (κ1) is 24.5. The number of piperidine rings is 1. The molecule has 2 saturated heterocycles. The Morgan fingerprint density at radius 1 is 1.18 bits per heavy atom. The van der Waals surface area contributed by atoms with Crippen molar-refractivity contribution in [3.8, 4) is 0 Å². The first-order valence-electron chi connectivity index (χ1n) is 12.7. The van der Waals surface area contributed by atoms with Crippen molar-refractivity contribution in [2.45, 2.75) is 63.4 Å². The number of hydrogen-bond donors (Lipinski definition) is 1. The first-order chi connectivity index (χ1) is 16.0. The number of likely N-dealkylation sites (N-methyl/N-ethyl adjacent to an activating group) is 1. The number of hydrogen-bond acceptors (Lipinski definition) is 5. The van der Waals surface area contributed by atoms with Crippen LogP contribution in [0.15, 0.2) is 30.3 Å². The Morgan fingerprint density at radius 3 is 2.64 bits per heavy atom. The van der Waals surface area contributed by atoms with Crippen LogP contribution in [0.2, 0.25) is 0 Å². The van der Waals surface area contributed by atoms with E-state index < -0.39 is 0 Å². The molecule has 2 heterocycles. The van der Waals surface area contributed by atoms with Crippen LogP contribution in [0, 0.1) is 5.92 Å². The lowest BCUT2D eigenvalue weighted by Crippen LogP contribution is -2.60. The molecule has 1 saturated carbocycles. The van der Waals surface area contributed by atoms with Gasteiger partial charge in [-0.15, -0.1) is 0 Å². The Labute approximate surface area is 199 Å². The molecule has 1 spiro atoms. The molecule has 0 aromatic heterocycles. The fraction of sp³-hybridized carbons (Fsp3) is 0.731. The molecule has 7 heteroatoms. The van der Waals surface area contributed by atoms with Gasteiger partial charge in [-0.25, -0.2) is 4.79 Å². The molecule has 7 nitrogen and oxygen atoms in total. The lowest BCUT2D eigenvalue weighted by atomic mass is 9.74. The Hall–Kier alpha value is -1.67. The van der Waals surface area contributed by atoms with Crippen molar-refractivity contribution in [2.75, 3.05) is 53.5 Å². The van der Waals surface area contributed by atoms with Crippen LogP contribution in [0.3, 0.4) is 0 Å². The van der Waals surface area contributed by atoms with Crippen LogP contribution in [0.1, 0.15) is 44.6 Å². The third-order valence-electron chi connectivity index (χ3n) is 7.42. The van der Waals surface area contributed by atoms with E-state index >= 15 is 0 Å². The lowest BCUT2D eigenvalue weighted by molar-refractivity contribution is -0.201. The number of amides is 2. The van der Waals surface area contributed by atoms with Gasteiger partial charge in [0.05, 0.1) is 13.2 Å². The Morgan fingerprint density at radius 2 is 1.94 bits per heavy atom. The van der Waals surface area contributed by atoms with Crippen LogP contribution < -0.4 is 5.32 Å². The molecule has 1 aromatic carbocycles. The van der Waals surface area contributed by atoms with E-state index in [-0.39, 0.29) is 17.9 Å². The predicted molar refractivity (Wildman–Crippen MR) is 130 cm³/mol. The van der Waals surface area contributed by atoms with E-state index in [1.807, 2.05) is 23.1 Å². The minimum atomic E-state index is -0.379. The number of likely N-dealkylation sites (tertiary alicyclic amines) is 1. The van der Waals surface area contributed by atoms with Crippen LogP contribution in [-0.2, 0) is 16.0 Å². The summed E-state index contributed by atoms with van der Waals surface area (Å²) in [5.74, 6) is 0.113. The Bertz CT molecular complexity index is 753. The standard InChI is InChI=1S/C26H42N4O3/c1-4-12-29-20-23(17-22-18-26(11-10-24(22)29)32-15-16-33-26)27-25(31)30(14-13-28(2)3)19-21-8-6-5-7-9-21/h5-9,22-24H,4,10-20H2,1-3H3,(H,27,31)/t22-,23+,24-/m1/s1. The lowest BCUT2D eigenvalue weighted by Gasteiger charge is -2.51. The van der Waals surface area contributed by atoms with Crippen LogP contribution >= 0.6 is 0 Å². The minimum Gasteiger partial charge on any atom is -0.348 e. The number of benzene rings is 1. The van der Waals surface area contributed by atoms with Gasteiger partial charge in [-0.05, 0) is 51.4 Å². The molecular weight excluding hydrogens is 416 g/mol. The topological polar surface area (TPSA) is 57.3 Å². The van der Waals surface area contributed by atoms with E-state index in [2.05, 4.69) is 48.3 Å². The molecule has 1 N–H and O–H groups in total. The monoisotopic (exact) mass is 458 g/mol. The van der Waals surface area contributed by atoms with Gasteiger partial charge >= 0.3 is 6.03 Å². The molecule has 1 aliphatic carbocycles. The van der Waals surface area contributed by atoms with E-state index in [9.17, 15) is 4.79 Å². The Balaban J connectivity index is 1.42. The van der Waals surface area contributed by atoms with Gasteiger partial charge in [-0.3, -0.25) is 4.90 Å². The van der Waals surface area contributed by atoms with Crippen molar-refractivity contribution in [2.24, 2.45) is 5.92 Å². The van der Waals surface area contributed by atoms with E-state index in [0.29, 0.717) is 38.3 Å². The largest absolute Gasteiger partial charge is 0.348 e. The van der Waals surface area contributed by atoms with Gasteiger partial charge in [0.15, 0.2) is 5.79 Å². The molecule has 3 aliphatic rings. The molecule has 0 unspecified atom stereocenters. The second kappa shape index (κ2) is 11.2. The maximum absolute atomic E-state index is 13.4. The normalized spacial score (nSPS) is 27.0. The predicted octanol–water partition coefficient (Wildman–Crippen LogP) is 3.16. The summed E-state index contributed by atoms with van der Waals surface area (Å²) < 4.78 is 12.1. The van der Waals surface area contributed by atoms with E-state index in [1.54, 1.807) is 0 Å². The van der Waals surface area contributed by atoms with Crippen LogP contribution in [0.5, 0.6) is 0 Å². The minimum absolute atomic E-state index is 0.0412. The van der Waals surface area contributed by atoms with Gasteiger partial charge in [-0.1, -0.05) is 37.3 Å². The zero-order valence-electron chi connectivity index (χ0n) is 20.7. The summed E-state index contributed by atoms with van der Waals surface area (Å²) >= 11 is 0. The molecule has 3 atom stereocenters. The third-order valence-corrected chi connectivity index (χ3v) is 7.42. The van der Waals surface area contributed by atoms with Gasteiger partial charge in [0.2, 0.25) is 0 Å². The summed E-state index contributed by atoms with van der Waals surface area (Å²) in [6.07, 6.45) is 5.18. The Kier molecular flexibility index (Phi) is 8.28. The molecule has 0 radical (unpaired) electrons. The molecule has 1 aromatic rings. The van der Waals surface area contributed by atoms with Gasteiger partial charge in [-0.2, -0.15) is 0 Å². The highest BCUT2D eigenvalue weighted by Crippen LogP contribution is 2.44. The van der Waals surface area contributed by atoms with Crippen molar-refractivity contribution in [1.29, 1.82) is 0 Å². The number of carbonyl (C=O) groups excluding carboxylic acids is 1. The molecule has 4 rings (SSSR count). The number of nitrogens with one attached hydrogen (secondary N) is 1. The average molecular weight is 459 g/mol. The summed E-state index contributed by atoms with van der Waals surface area (Å²) in [5.41, 5.74) is 1.16. The van der Waals surface area contributed by atoms with E-state index in [1.165, 1.54) is 0 Å².